The van der Waals surface area contributed by atoms with Crippen LogP contribution in [-0.4, -0.2) is 29.5 Å². The van der Waals surface area contributed by atoms with Crippen LogP contribution in [0, 0.1) is 5.92 Å². The Morgan fingerprint density at radius 2 is 1.82 bits per heavy atom. The molecule has 198 valence electrons. The fourth-order valence-corrected chi connectivity index (χ4v) is 5.29. The van der Waals surface area contributed by atoms with Crippen molar-refractivity contribution in [1.82, 2.24) is 0 Å². The largest absolute Gasteiger partial charge is 0.481 e. The molecular formula is C28H28F3N4O3+. The van der Waals surface area contributed by atoms with Crippen LogP contribution in [0.25, 0.3) is 0 Å². The number of hydrogen-bond donors (Lipinski definition) is 3. The first-order valence-electron chi connectivity index (χ1n) is 12.6. The molecule has 1 fully saturated rings. The Morgan fingerprint density at radius 3 is 2.50 bits per heavy atom. The minimum Gasteiger partial charge on any atom is -0.481 e. The van der Waals surface area contributed by atoms with Crippen LogP contribution in [0.2, 0.25) is 0 Å². The standard InChI is InChI=1S/C28H27F3N4O3/c29-28(30,31)21-2-1-3-22(15-21)32-27(38)24-16-35-17-34(13-12-25(35)33-24)23-10-8-20(9-11-23)19-6-4-18(5-7-19)14-26(36)37/h1-3,8-13,15-16,18-19H,4-7,14,17H2,(H,32,38)(H,36,37)/p+1. The van der Waals surface area contributed by atoms with Gasteiger partial charge in [-0.2, -0.15) is 18.2 Å². The molecule has 7 nitrogen and oxygen atoms in total. The van der Waals surface area contributed by atoms with Gasteiger partial charge < -0.3 is 10.4 Å². The van der Waals surface area contributed by atoms with Crippen molar-refractivity contribution in [2.45, 2.75) is 44.2 Å². The van der Waals surface area contributed by atoms with Crippen LogP contribution in [0.4, 0.5) is 24.5 Å². The number of rotatable bonds is 6. The summed E-state index contributed by atoms with van der Waals surface area (Å²) in [6, 6.07) is 12.9. The van der Waals surface area contributed by atoms with E-state index in [0.717, 1.165) is 48.4 Å². The van der Waals surface area contributed by atoms with Gasteiger partial charge in [0.1, 0.15) is 6.20 Å². The van der Waals surface area contributed by atoms with Crippen molar-refractivity contribution in [3.05, 3.63) is 83.8 Å². The number of hydrogen-bond acceptors (Lipinski definition) is 4. The third-order valence-electron chi connectivity index (χ3n) is 7.32. The molecule has 1 saturated carbocycles. The number of amidine groups is 1. The lowest BCUT2D eigenvalue weighted by atomic mass is 9.77. The Bertz CT molecular complexity index is 1310. The van der Waals surface area contributed by atoms with Gasteiger partial charge in [-0.05, 0) is 73.4 Å². The first-order valence-corrected chi connectivity index (χ1v) is 12.6. The zero-order valence-corrected chi connectivity index (χ0v) is 20.5. The van der Waals surface area contributed by atoms with Gasteiger partial charge in [-0.1, -0.05) is 18.2 Å². The highest BCUT2D eigenvalue weighted by molar-refractivity contribution is 6.06. The number of benzene rings is 2. The molecule has 0 saturated heterocycles. The van der Waals surface area contributed by atoms with E-state index in [-0.39, 0.29) is 23.7 Å². The number of carbonyl (C=O) groups is 2. The maximum atomic E-state index is 13.0. The Kier molecular flexibility index (Phi) is 7.07. The molecule has 10 heteroatoms. The molecule has 2 aromatic carbocycles. The molecule has 2 aliphatic heterocycles. The van der Waals surface area contributed by atoms with Gasteiger partial charge in [0, 0.05) is 30.1 Å². The van der Waals surface area contributed by atoms with E-state index in [1.165, 1.54) is 17.7 Å². The van der Waals surface area contributed by atoms with Crippen LogP contribution in [0.15, 0.2) is 77.7 Å². The first-order chi connectivity index (χ1) is 18.2. The third-order valence-corrected chi connectivity index (χ3v) is 7.32. The fourth-order valence-electron chi connectivity index (χ4n) is 5.29. The number of anilines is 2. The molecule has 1 unspecified atom stereocenters. The first kappa shape index (κ1) is 25.7. The summed E-state index contributed by atoms with van der Waals surface area (Å²) < 4.78 is 38.9. The summed E-state index contributed by atoms with van der Waals surface area (Å²) in [7, 11) is 0. The van der Waals surface area contributed by atoms with Crippen molar-refractivity contribution < 1.29 is 32.8 Å². The zero-order valence-electron chi connectivity index (χ0n) is 20.5. The van der Waals surface area contributed by atoms with Gasteiger partial charge in [-0.3, -0.25) is 14.5 Å². The fraction of sp³-hybridized carbons (Fsp3) is 0.321. The van der Waals surface area contributed by atoms with Gasteiger partial charge in [-0.25, -0.2) is 4.90 Å². The van der Waals surface area contributed by atoms with Gasteiger partial charge in [-0.15, -0.1) is 0 Å². The van der Waals surface area contributed by atoms with E-state index < -0.39 is 23.6 Å². The predicted molar refractivity (Wildman–Crippen MR) is 136 cm³/mol. The van der Waals surface area contributed by atoms with Crippen molar-refractivity contribution >= 4 is 29.1 Å². The van der Waals surface area contributed by atoms with Crippen molar-refractivity contribution in [1.29, 1.82) is 0 Å². The number of amides is 1. The van der Waals surface area contributed by atoms with E-state index in [9.17, 15) is 22.8 Å². The van der Waals surface area contributed by atoms with Crippen molar-refractivity contribution in [2.75, 3.05) is 16.9 Å². The van der Waals surface area contributed by atoms with Gasteiger partial charge in [0.15, 0.2) is 12.4 Å². The number of carboxylic acids is 1. The predicted octanol–water partition coefficient (Wildman–Crippen LogP) is 4.52. The highest BCUT2D eigenvalue weighted by Crippen LogP contribution is 2.37. The quantitative estimate of drug-likeness (QED) is 0.518. The van der Waals surface area contributed by atoms with Crippen LogP contribution >= 0.6 is 0 Å². The second-order valence-electron chi connectivity index (χ2n) is 9.94. The Balaban J connectivity index is 1.19. The van der Waals surface area contributed by atoms with Crippen LogP contribution in [0.5, 0.6) is 0 Å². The lowest BCUT2D eigenvalue weighted by molar-refractivity contribution is -0.742. The molecule has 3 aliphatic rings. The van der Waals surface area contributed by atoms with Gasteiger partial charge >= 0.3 is 12.1 Å². The summed E-state index contributed by atoms with van der Waals surface area (Å²) in [6.07, 6.45) is 5.00. The normalized spacial score (nSPS) is 22.9. The van der Waals surface area contributed by atoms with E-state index in [1.54, 1.807) is 6.20 Å². The average molecular weight is 526 g/mol. The van der Waals surface area contributed by atoms with E-state index in [4.69, 9.17) is 5.11 Å². The second kappa shape index (κ2) is 10.4. The number of halogens is 3. The number of fused-ring (bicyclic) bond motifs is 1. The summed E-state index contributed by atoms with van der Waals surface area (Å²) in [4.78, 5) is 30.9. The topological polar surface area (TPSA) is 86.4 Å². The Morgan fingerprint density at radius 1 is 1.08 bits per heavy atom. The molecule has 5 rings (SSSR count). The second-order valence-corrected chi connectivity index (χ2v) is 9.94. The molecule has 2 heterocycles. The molecule has 1 aliphatic carbocycles. The zero-order chi connectivity index (χ0) is 26.9. The van der Waals surface area contributed by atoms with E-state index in [1.807, 2.05) is 17.2 Å². The summed E-state index contributed by atoms with van der Waals surface area (Å²) in [5, 5.41) is 11.5. The molecule has 1 amide bonds. The number of aliphatic imine (C=N–C) groups is 1. The molecule has 0 bridgehead atoms. The summed E-state index contributed by atoms with van der Waals surface area (Å²) in [5.74, 6) is 0.0750. The smallest absolute Gasteiger partial charge is 0.416 e. The summed E-state index contributed by atoms with van der Waals surface area (Å²) in [5.41, 5.74) is 1.62. The maximum absolute atomic E-state index is 13.0. The molecule has 0 spiro atoms. The van der Waals surface area contributed by atoms with Crippen LogP contribution in [0.3, 0.4) is 0 Å². The highest BCUT2D eigenvalue weighted by atomic mass is 19.4. The van der Waals surface area contributed by atoms with Crippen LogP contribution < -0.4 is 15.1 Å². The van der Waals surface area contributed by atoms with E-state index >= 15 is 0 Å². The molecular weight excluding hydrogens is 497 g/mol. The molecule has 2 aromatic rings. The van der Waals surface area contributed by atoms with E-state index in [0.29, 0.717) is 18.4 Å². The minimum atomic E-state index is -4.49. The van der Waals surface area contributed by atoms with E-state index in [2.05, 4.69) is 34.6 Å². The molecule has 3 N–H and O–H groups in total. The number of quaternary nitrogens is 1. The van der Waals surface area contributed by atoms with Crippen molar-refractivity contribution in [2.24, 2.45) is 10.9 Å². The average Bonchev–Trinajstić information content (AvgIpc) is 3.32. The monoisotopic (exact) mass is 525 g/mol. The number of aliphatic carboxylic acids is 1. The number of carboxylic acid groups (broad SMARTS) is 1. The SMILES string of the molecule is O=C(O)CC1CCC(c2ccc(N3C=CC4=NC(C(=O)Nc5cccc(C(F)(F)F)c5)=C[NH+]4C3)cc2)CC1. The molecule has 1 atom stereocenters. The lowest BCUT2D eigenvalue weighted by Crippen LogP contribution is -3.11. The maximum Gasteiger partial charge on any atom is 0.416 e. The minimum absolute atomic E-state index is 0.0541. The van der Waals surface area contributed by atoms with Gasteiger partial charge in [0.25, 0.3) is 5.91 Å². The summed E-state index contributed by atoms with van der Waals surface area (Å²) >= 11 is 0. The number of alkyl halides is 3. The van der Waals surface area contributed by atoms with Crippen molar-refractivity contribution in [3.63, 3.8) is 0 Å². The third kappa shape index (κ3) is 5.80. The number of nitrogens with one attached hydrogen (secondary N) is 2. The molecule has 0 aromatic heterocycles. The Labute approximate surface area is 218 Å². The van der Waals surface area contributed by atoms with Gasteiger partial charge in [0.05, 0.1) is 5.56 Å². The van der Waals surface area contributed by atoms with Gasteiger partial charge in [0.2, 0.25) is 5.84 Å². The van der Waals surface area contributed by atoms with Crippen molar-refractivity contribution in [3.8, 4) is 0 Å². The Hall–Kier alpha value is -3.92. The number of nitrogens with zero attached hydrogens (tertiary/aromatic N) is 2. The summed E-state index contributed by atoms with van der Waals surface area (Å²) in [6.45, 7) is 0.509. The number of carbonyl (C=O) groups excluding carboxylic acids is 1. The molecule has 0 radical (unpaired) electrons. The lowest BCUT2D eigenvalue weighted by Gasteiger charge is -2.29. The molecule has 38 heavy (non-hydrogen) atoms. The van der Waals surface area contributed by atoms with Crippen LogP contribution in [0.1, 0.15) is 49.1 Å². The van der Waals surface area contributed by atoms with Crippen LogP contribution in [-0.2, 0) is 15.8 Å². The highest BCUT2D eigenvalue weighted by Gasteiger charge is 2.32.